The van der Waals surface area contributed by atoms with E-state index in [9.17, 15) is 4.79 Å². The van der Waals surface area contributed by atoms with Gasteiger partial charge >= 0.3 is 0 Å². The highest BCUT2D eigenvalue weighted by Gasteiger charge is 2.32. The smallest absolute Gasteiger partial charge is 0.238 e. The molecule has 0 spiro atoms. The molecule has 1 atom stereocenters. The van der Waals surface area contributed by atoms with E-state index < -0.39 is 11.4 Å². The van der Waals surface area contributed by atoms with E-state index >= 15 is 0 Å². The van der Waals surface area contributed by atoms with Crippen molar-refractivity contribution in [3.05, 3.63) is 0 Å². The number of hydrogen-bond donors (Lipinski definition) is 2. The molecule has 74 valence electrons. The van der Waals surface area contributed by atoms with E-state index in [0.717, 1.165) is 0 Å². The number of aliphatic imine (C=N–C) groups is 1. The minimum Gasteiger partial charge on any atom is -0.479 e. The topological polar surface area (TPSA) is 90.7 Å². The Morgan fingerprint density at radius 1 is 1.77 bits per heavy atom. The molecule has 5 nitrogen and oxygen atoms in total. The first kappa shape index (κ1) is 9.98. The Hall–Kier alpha value is -1.10. The summed E-state index contributed by atoms with van der Waals surface area (Å²) in [5.74, 6) is 0.0383. The van der Waals surface area contributed by atoms with Crippen LogP contribution in [-0.2, 0) is 9.53 Å². The van der Waals surface area contributed by atoms with Gasteiger partial charge in [-0.25, -0.2) is 0 Å². The molecule has 5 heteroatoms. The number of primary amides is 1. The molecule has 1 heterocycles. The van der Waals surface area contributed by atoms with Crippen LogP contribution < -0.4 is 11.5 Å². The van der Waals surface area contributed by atoms with E-state index in [2.05, 4.69) is 4.99 Å². The third-order valence-electron chi connectivity index (χ3n) is 2.24. The molecule has 4 N–H and O–H groups in total. The van der Waals surface area contributed by atoms with E-state index in [1.165, 1.54) is 0 Å². The Labute approximate surface area is 77.1 Å². The van der Waals surface area contributed by atoms with Crippen molar-refractivity contribution in [1.82, 2.24) is 0 Å². The van der Waals surface area contributed by atoms with Gasteiger partial charge in [-0.15, -0.1) is 0 Å². The van der Waals surface area contributed by atoms with Crippen LogP contribution >= 0.6 is 0 Å². The van der Waals surface area contributed by atoms with Crippen LogP contribution in [0.4, 0.5) is 0 Å². The van der Waals surface area contributed by atoms with Gasteiger partial charge < -0.3 is 16.2 Å². The van der Waals surface area contributed by atoms with Crippen LogP contribution in [0, 0.1) is 0 Å². The van der Waals surface area contributed by atoms with Crippen LogP contribution in [-0.4, -0.2) is 30.5 Å². The summed E-state index contributed by atoms with van der Waals surface area (Å²) in [4.78, 5) is 15.1. The van der Waals surface area contributed by atoms with Gasteiger partial charge in [-0.1, -0.05) is 6.92 Å². The molecular formula is C8H15N3O2. The van der Waals surface area contributed by atoms with E-state index in [4.69, 9.17) is 16.2 Å². The second kappa shape index (κ2) is 3.74. The number of amides is 1. The average Bonchev–Trinajstić information content (AvgIpc) is 2.56. The minimum atomic E-state index is -1.01. The van der Waals surface area contributed by atoms with Crippen molar-refractivity contribution >= 4 is 11.8 Å². The molecule has 13 heavy (non-hydrogen) atoms. The van der Waals surface area contributed by atoms with Crippen LogP contribution in [0.2, 0.25) is 0 Å². The highest BCUT2D eigenvalue weighted by Crippen LogP contribution is 2.14. The fourth-order valence-electron chi connectivity index (χ4n) is 1.14. The maximum Gasteiger partial charge on any atom is 0.238 e. The number of ether oxygens (including phenoxy) is 1. The average molecular weight is 185 g/mol. The zero-order chi connectivity index (χ0) is 9.90. The molecule has 0 aromatic heterocycles. The SMILES string of the molecule is CCC(N)(CC1=NCCO1)C(N)=O. The van der Waals surface area contributed by atoms with E-state index in [0.29, 0.717) is 31.9 Å². The van der Waals surface area contributed by atoms with Gasteiger partial charge in [0, 0.05) is 0 Å². The summed E-state index contributed by atoms with van der Waals surface area (Å²) in [5.41, 5.74) is 9.96. The summed E-state index contributed by atoms with van der Waals surface area (Å²) in [6.07, 6.45) is 0.795. The number of nitrogens with two attached hydrogens (primary N) is 2. The molecule has 0 aromatic rings. The van der Waals surface area contributed by atoms with Gasteiger partial charge in [-0.2, -0.15) is 0 Å². The maximum absolute atomic E-state index is 11.0. The van der Waals surface area contributed by atoms with Crippen molar-refractivity contribution in [1.29, 1.82) is 0 Å². The van der Waals surface area contributed by atoms with Crippen LogP contribution in [0.1, 0.15) is 19.8 Å². The molecule has 0 saturated heterocycles. The van der Waals surface area contributed by atoms with Crippen LogP contribution in [0.15, 0.2) is 4.99 Å². The molecule has 1 unspecified atom stereocenters. The van der Waals surface area contributed by atoms with Crippen LogP contribution in [0.5, 0.6) is 0 Å². The molecular weight excluding hydrogens is 170 g/mol. The van der Waals surface area contributed by atoms with Gasteiger partial charge in [-0.3, -0.25) is 9.79 Å². The maximum atomic E-state index is 11.0. The lowest BCUT2D eigenvalue weighted by molar-refractivity contribution is -0.123. The highest BCUT2D eigenvalue weighted by molar-refractivity contribution is 5.91. The summed E-state index contributed by atoms with van der Waals surface area (Å²) >= 11 is 0. The zero-order valence-corrected chi connectivity index (χ0v) is 7.75. The van der Waals surface area contributed by atoms with Gasteiger partial charge in [-0.05, 0) is 6.42 Å². The summed E-state index contributed by atoms with van der Waals surface area (Å²) in [5, 5.41) is 0. The molecule has 0 fully saturated rings. The first-order chi connectivity index (χ1) is 6.08. The quantitative estimate of drug-likeness (QED) is 0.612. The number of hydrogen-bond acceptors (Lipinski definition) is 4. The fraction of sp³-hybridized carbons (Fsp3) is 0.750. The molecule has 0 aromatic carbocycles. The second-order valence-corrected chi connectivity index (χ2v) is 3.17. The van der Waals surface area contributed by atoms with Gasteiger partial charge in [0.15, 0.2) is 5.90 Å². The Morgan fingerprint density at radius 3 is 2.85 bits per heavy atom. The van der Waals surface area contributed by atoms with Crippen LogP contribution in [0.25, 0.3) is 0 Å². The van der Waals surface area contributed by atoms with Gasteiger partial charge in [0.1, 0.15) is 12.1 Å². The van der Waals surface area contributed by atoms with Crippen molar-refractivity contribution in [2.45, 2.75) is 25.3 Å². The summed E-state index contributed by atoms with van der Waals surface area (Å²) in [6.45, 7) is 3.04. The van der Waals surface area contributed by atoms with Crippen molar-refractivity contribution in [2.24, 2.45) is 16.5 Å². The number of carbonyl (C=O) groups excluding carboxylic acids is 1. The third-order valence-corrected chi connectivity index (χ3v) is 2.24. The lowest BCUT2D eigenvalue weighted by Gasteiger charge is -2.23. The predicted octanol–water partition coefficient (Wildman–Crippen LogP) is -0.602. The van der Waals surface area contributed by atoms with E-state index in [1.807, 2.05) is 6.92 Å². The monoisotopic (exact) mass is 185 g/mol. The van der Waals surface area contributed by atoms with E-state index in [-0.39, 0.29) is 0 Å². The number of rotatable bonds is 4. The molecule has 0 aliphatic carbocycles. The van der Waals surface area contributed by atoms with Crippen molar-refractivity contribution in [3.63, 3.8) is 0 Å². The lowest BCUT2D eigenvalue weighted by Crippen LogP contribution is -2.52. The Balaban J connectivity index is 2.62. The van der Waals surface area contributed by atoms with Crippen molar-refractivity contribution in [2.75, 3.05) is 13.2 Å². The van der Waals surface area contributed by atoms with E-state index in [1.54, 1.807) is 0 Å². The number of nitrogens with zero attached hydrogens (tertiary/aromatic N) is 1. The van der Waals surface area contributed by atoms with Crippen LogP contribution in [0.3, 0.4) is 0 Å². The molecule has 1 amide bonds. The second-order valence-electron chi connectivity index (χ2n) is 3.17. The first-order valence-electron chi connectivity index (χ1n) is 4.33. The lowest BCUT2D eigenvalue weighted by atomic mass is 9.92. The minimum absolute atomic E-state index is 0.304. The predicted molar refractivity (Wildman–Crippen MR) is 49.3 cm³/mol. The molecule has 0 saturated carbocycles. The molecule has 1 aliphatic rings. The van der Waals surface area contributed by atoms with Gasteiger partial charge in [0.2, 0.25) is 5.91 Å². The zero-order valence-electron chi connectivity index (χ0n) is 7.75. The van der Waals surface area contributed by atoms with Crippen molar-refractivity contribution in [3.8, 4) is 0 Å². The Bertz CT molecular complexity index is 240. The normalized spacial score (nSPS) is 20.3. The molecule has 0 radical (unpaired) electrons. The Morgan fingerprint density at radius 2 is 2.46 bits per heavy atom. The standard InChI is InChI=1S/C8H15N3O2/c1-2-8(10,7(9)12)5-6-11-3-4-13-6/h2-5,10H2,1H3,(H2,9,12). The number of carbonyl (C=O) groups is 1. The summed E-state index contributed by atoms with van der Waals surface area (Å²) in [6, 6.07) is 0. The molecule has 1 rings (SSSR count). The van der Waals surface area contributed by atoms with Crippen molar-refractivity contribution < 1.29 is 9.53 Å². The molecule has 0 bridgehead atoms. The van der Waals surface area contributed by atoms with Gasteiger partial charge in [0.25, 0.3) is 0 Å². The Kier molecular flexibility index (Phi) is 2.87. The van der Waals surface area contributed by atoms with Gasteiger partial charge in [0.05, 0.1) is 13.0 Å². The largest absolute Gasteiger partial charge is 0.479 e. The fourth-order valence-corrected chi connectivity index (χ4v) is 1.14. The first-order valence-corrected chi connectivity index (χ1v) is 4.33. The third kappa shape index (κ3) is 2.18. The highest BCUT2D eigenvalue weighted by atomic mass is 16.5. The summed E-state index contributed by atoms with van der Waals surface area (Å²) in [7, 11) is 0. The summed E-state index contributed by atoms with van der Waals surface area (Å²) < 4.78 is 5.16. The molecule has 1 aliphatic heterocycles.